The lowest BCUT2D eigenvalue weighted by Gasteiger charge is -2.19. The van der Waals surface area contributed by atoms with Gasteiger partial charge in [0.25, 0.3) is 11.7 Å². The van der Waals surface area contributed by atoms with Crippen molar-refractivity contribution in [3.8, 4) is 0 Å². The average molecular weight is 393 g/mol. The van der Waals surface area contributed by atoms with Crippen LogP contribution in [-0.4, -0.2) is 67.2 Å². The molecule has 1 saturated heterocycles. The molecule has 1 aliphatic rings. The smallest absolute Gasteiger partial charge is 0.294 e. The van der Waals surface area contributed by atoms with Crippen LogP contribution in [0.5, 0.6) is 0 Å². The largest absolute Gasteiger partial charge is 0.350 e. The summed E-state index contributed by atoms with van der Waals surface area (Å²) in [6.45, 7) is 5.57. The summed E-state index contributed by atoms with van der Waals surface area (Å²) in [7, 11) is 4.77. The molecule has 1 fully saturated rings. The number of ketones is 1. The fourth-order valence-electron chi connectivity index (χ4n) is 2.81. The maximum Gasteiger partial charge on any atom is 0.294 e. The number of piperazine rings is 1. The first kappa shape index (κ1) is 21.1. The van der Waals surface area contributed by atoms with Crippen LogP contribution < -0.4 is 10.6 Å². The predicted octanol–water partition coefficient (Wildman–Crippen LogP) is 1.48. The van der Waals surface area contributed by atoms with Crippen molar-refractivity contribution < 1.29 is 14.4 Å². The van der Waals surface area contributed by atoms with E-state index in [1.54, 1.807) is 23.9 Å². The summed E-state index contributed by atoms with van der Waals surface area (Å²) in [5.41, 5.74) is 1.24. The minimum absolute atomic E-state index is 0.265. The van der Waals surface area contributed by atoms with E-state index in [4.69, 9.17) is 11.6 Å². The molecule has 0 saturated carbocycles. The van der Waals surface area contributed by atoms with Crippen LogP contribution in [0.4, 0.5) is 0 Å². The number of benzene rings is 1. The van der Waals surface area contributed by atoms with Gasteiger partial charge in [-0.25, -0.2) is 0 Å². The van der Waals surface area contributed by atoms with Gasteiger partial charge in [-0.3, -0.25) is 14.4 Å². The summed E-state index contributed by atoms with van der Waals surface area (Å²) in [4.78, 5) is 36.1. The van der Waals surface area contributed by atoms with Crippen LogP contribution in [0, 0.1) is 0 Å². The molecule has 1 atom stereocenters. The lowest BCUT2D eigenvalue weighted by molar-refractivity contribution is -0.124. The summed E-state index contributed by atoms with van der Waals surface area (Å²) in [5.74, 6) is -1.22. The van der Waals surface area contributed by atoms with Crippen LogP contribution >= 0.6 is 11.6 Å². The fourth-order valence-corrected chi connectivity index (χ4v) is 3.01. The molecule has 27 heavy (non-hydrogen) atoms. The predicted molar refractivity (Wildman–Crippen MR) is 107 cm³/mol. The van der Waals surface area contributed by atoms with Crippen molar-refractivity contribution >= 4 is 40.5 Å². The Morgan fingerprint density at radius 2 is 2.00 bits per heavy atom. The summed E-state index contributed by atoms with van der Waals surface area (Å²) >= 11 is 5.97. The third-order valence-electron chi connectivity index (χ3n) is 4.33. The van der Waals surface area contributed by atoms with Crippen molar-refractivity contribution in [1.82, 2.24) is 20.1 Å². The van der Waals surface area contributed by atoms with Crippen molar-refractivity contribution in [2.75, 3.05) is 33.7 Å². The molecule has 0 radical (unpaired) electrons. The molecular weight excluding hydrogens is 368 g/mol. The van der Waals surface area contributed by atoms with E-state index in [1.165, 1.54) is 25.1 Å². The SMILES string of the molecule is CC1CNCCN1.CN(C)C(=O)C(=O)c1cn(C)c2cc(Cl)c(C=O)cc12. The molecule has 146 valence electrons. The summed E-state index contributed by atoms with van der Waals surface area (Å²) < 4.78 is 1.70. The minimum Gasteiger partial charge on any atom is -0.350 e. The monoisotopic (exact) mass is 392 g/mol. The minimum atomic E-state index is -0.611. The van der Waals surface area contributed by atoms with Gasteiger partial charge in [0.05, 0.1) is 16.1 Å². The maximum absolute atomic E-state index is 12.2. The molecule has 1 aliphatic heterocycles. The number of nitrogens with one attached hydrogen (secondary N) is 2. The van der Waals surface area contributed by atoms with Gasteiger partial charge in [0.1, 0.15) is 0 Å². The number of rotatable bonds is 3. The van der Waals surface area contributed by atoms with Gasteiger partial charge < -0.3 is 20.1 Å². The normalized spacial score (nSPS) is 16.4. The van der Waals surface area contributed by atoms with E-state index in [0.29, 0.717) is 28.3 Å². The number of aromatic nitrogens is 1. The van der Waals surface area contributed by atoms with Crippen molar-refractivity contribution in [1.29, 1.82) is 0 Å². The zero-order chi connectivity index (χ0) is 20.1. The van der Waals surface area contributed by atoms with E-state index in [9.17, 15) is 14.4 Å². The Morgan fingerprint density at radius 1 is 1.30 bits per heavy atom. The van der Waals surface area contributed by atoms with Gasteiger partial charge in [0.2, 0.25) is 0 Å². The lowest BCUT2D eigenvalue weighted by atomic mass is 10.1. The standard InChI is InChI=1S/C14H13ClN2O3.C5H12N2/c1-16(2)14(20)13(19)10-6-17(3)12-5-11(15)8(7-18)4-9(10)12;1-5-4-6-2-3-7-5/h4-7H,1-3H3;5-7H,2-4H2,1H3. The van der Waals surface area contributed by atoms with E-state index in [2.05, 4.69) is 17.6 Å². The molecule has 1 aromatic heterocycles. The summed E-state index contributed by atoms with van der Waals surface area (Å²) in [6, 6.07) is 3.81. The number of Topliss-reactive ketones (excluding diaryl/α,β-unsaturated/α-hetero) is 1. The van der Waals surface area contributed by atoms with Crippen LogP contribution in [-0.2, 0) is 11.8 Å². The van der Waals surface area contributed by atoms with Crippen molar-refractivity contribution in [2.45, 2.75) is 13.0 Å². The molecule has 7 nitrogen and oxygen atoms in total. The third kappa shape index (κ3) is 4.94. The van der Waals surface area contributed by atoms with Gasteiger partial charge >= 0.3 is 0 Å². The maximum atomic E-state index is 12.2. The van der Waals surface area contributed by atoms with E-state index in [-0.39, 0.29) is 11.1 Å². The van der Waals surface area contributed by atoms with Crippen LogP contribution in [0.3, 0.4) is 0 Å². The molecule has 2 aromatic rings. The molecule has 8 heteroatoms. The summed E-state index contributed by atoms with van der Waals surface area (Å²) in [5, 5.41) is 7.44. The second-order valence-electron chi connectivity index (χ2n) is 6.75. The number of hydrogen-bond donors (Lipinski definition) is 2. The van der Waals surface area contributed by atoms with Crippen LogP contribution in [0.2, 0.25) is 5.02 Å². The van der Waals surface area contributed by atoms with Gasteiger partial charge in [-0.05, 0) is 19.1 Å². The Kier molecular flexibility index (Phi) is 7.12. The first-order valence-electron chi connectivity index (χ1n) is 8.70. The molecule has 1 unspecified atom stereocenters. The third-order valence-corrected chi connectivity index (χ3v) is 4.65. The van der Waals surface area contributed by atoms with E-state index >= 15 is 0 Å². The highest BCUT2D eigenvalue weighted by Crippen LogP contribution is 2.27. The molecule has 0 spiro atoms. The molecule has 2 heterocycles. The van der Waals surface area contributed by atoms with E-state index in [0.717, 1.165) is 19.6 Å². The number of hydrogen-bond acceptors (Lipinski definition) is 5. The Bertz CT molecular complexity index is 854. The second kappa shape index (κ2) is 9.12. The molecule has 2 N–H and O–H groups in total. The molecule has 1 aromatic carbocycles. The van der Waals surface area contributed by atoms with Gasteiger partial charge in [-0.15, -0.1) is 0 Å². The Balaban J connectivity index is 0.000000313. The molecule has 0 aliphatic carbocycles. The highest BCUT2D eigenvalue weighted by Gasteiger charge is 2.23. The first-order chi connectivity index (χ1) is 12.8. The lowest BCUT2D eigenvalue weighted by Crippen LogP contribution is -2.46. The number of likely N-dealkylation sites (N-methyl/N-ethyl adjacent to an activating group) is 1. The highest BCUT2D eigenvalue weighted by atomic mass is 35.5. The molecule has 3 rings (SSSR count). The van der Waals surface area contributed by atoms with Crippen molar-refractivity contribution in [3.63, 3.8) is 0 Å². The molecular formula is C19H25ClN4O3. The fraction of sp³-hybridized carbons (Fsp3) is 0.421. The van der Waals surface area contributed by atoms with E-state index < -0.39 is 11.7 Å². The van der Waals surface area contributed by atoms with Gasteiger partial charge in [-0.2, -0.15) is 0 Å². The number of amides is 1. The topological polar surface area (TPSA) is 83.4 Å². The number of carbonyl (C=O) groups excluding carboxylic acids is 3. The van der Waals surface area contributed by atoms with Crippen LogP contribution in [0.1, 0.15) is 27.6 Å². The summed E-state index contributed by atoms with van der Waals surface area (Å²) in [6.07, 6.45) is 2.19. The number of nitrogens with zero attached hydrogens (tertiary/aromatic N) is 2. The zero-order valence-corrected chi connectivity index (χ0v) is 16.8. The number of aldehydes is 1. The quantitative estimate of drug-likeness (QED) is 0.469. The zero-order valence-electron chi connectivity index (χ0n) is 16.0. The molecule has 0 bridgehead atoms. The number of aryl methyl sites for hydroxylation is 1. The number of halogens is 1. The van der Waals surface area contributed by atoms with Crippen molar-refractivity contribution in [2.24, 2.45) is 7.05 Å². The average Bonchev–Trinajstić information content (AvgIpc) is 2.96. The van der Waals surface area contributed by atoms with Gasteiger partial charge in [0.15, 0.2) is 6.29 Å². The Morgan fingerprint density at radius 3 is 2.48 bits per heavy atom. The number of carbonyl (C=O) groups is 3. The van der Waals surface area contributed by atoms with Gasteiger partial charge in [-0.1, -0.05) is 11.6 Å². The van der Waals surface area contributed by atoms with E-state index in [1.807, 2.05) is 0 Å². The van der Waals surface area contributed by atoms with Crippen LogP contribution in [0.25, 0.3) is 10.9 Å². The highest BCUT2D eigenvalue weighted by molar-refractivity contribution is 6.45. The van der Waals surface area contributed by atoms with Crippen LogP contribution in [0.15, 0.2) is 18.3 Å². The molecule has 1 amide bonds. The Hall–Kier alpha value is -2.22. The second-order valence-corrected chi connectivity index (χ2v) is 7.16. The number of fused-ring (bicyclic) bond motifs is 1. The first-order valence-corrected chi connectivity index (χ1v) is 9.07. The Labute approximate surface area is 163 Å². The van der Waals surface area contributed by atoms with Gasteiger partial charge in [0, 0.05) is 64.0 Å². The van der Waals surface area contributed by atoms with Crippen molar-refractivity contribution in [3.05, 3.63) is 34.5 Å².